The summed E-state index contributed by atoms with van der Waals surface area (Å²) in [5.41, 5.74) is 18.7. The molecule has 272 valence electrons. The van der Waals surface area contributed by atoms with Crippen LogP contribution in [0.2, 0.25) is 0 Å². The van der Waals surface area contributed by atoms with Crippen molar-refractivity contribution >= 4 is 43.4 Å². The first-order valence-electron chi connectivity index (χ1n) is 20.4. The van der Waals surface area contributed by atoms with Gasteiger partial charge < -0.3 is 0 Å². The smallest absolute Gasteiger partial charge is 0.0972 e. The van der Waals surface area contributed by atoms with E-state index in [-0.39, 0.29) is 0 Å². The zero-order valence-electron chi connectivity index (χ0n) is 32.0. The standard InChI is InChI=1S/C57H34N2/c1-2-14-35(15-3-1)51-32-29-36-26-27-37-30-33-52(59-56(37)55(36)58-51)54-45-21-6-4-19-43(45)53(44-20-5-7-22-46(44)54)38-28-31-42-41-18-10-13-25-49(41)57(50(42)34-38)47-23-11-8-16-39(47)40-17-9-12-24-48(40)57/h1-34H. The summed E-state index contributed by atoms with van der Waals surface area (Å²) in [5, 5.41) is 6.94. The van der Waals surface area contributed by atoms with Crippen molar-refractivity contribution in [2.75, 3.05) is 0 Å². The summed E-state index contributed by atoms with van der Waals surface area (Å²) in [6, 6.07) is 75.6. The predicted molar refractivity (Wildman–Crippen MR) is 245 cm³/mol. The molecule has 1 spiro atoms. The quantitative estimate of drug-likeness (QED) is 0.133. The number of benzene rings is 9. The van der Waals surface area contributed by atoms with E-state index in [0.717, 1.165) is 44.3 Å². The summed E-state index contributed by atoms with van der Waals surface area (Å²) in [5.74, 6) is 0. The Bertz CT molecular complexity index is 3440. The number of fused-ring (bicyclic) bond motifs is 15. The summed E-state index contributed by atoms with van der Waals surface area (Å²) in [7, 11) is 0. The molecule has 2 heteroatoms. The summed E-state index contributed by atoms with van der Waals surface area (Å²) in [6.07, 6.45) is 0. The van der Waals surface area contributed by atoms with Crippen LogP contribution in [-0.2, 0) is 5.41 Å². The molecule has 2 nitrogen and oxygen atoms in total. The first kappa shape index (κ1) is 32.4. The van der Waals surface area contributed by atoms with Gasteiger partial charge >= 0.3 is 0 Å². The third-order valence-electron chi connectivity index (χ3n) is 13.1. The molecule has 13 rings (SSSR count). The van der Waals surface area contributed by atoms with Crippen molar-refractivity contribution in [1.29, 1.82) is 0 Å². The van der Waals surface area contributed by atoms with Crippen LogP contribution >= 0.6 is 0 Å². The number of pyridine rings is 2. The molecule has 0 aliphatic heterocycles. The number of rotatable bonds is 3. The van der Waals surface area contributed by atoms with Crippen LogP contribution in [0.25, 0.3) is 99.2 Å². The first-order valence-corrected chi connectivity index (χ1v) is 20.4. The number of hydrogen-bond acceptors (Lipinski definition) is 2. The van der Waals surface area contributed by atoms with Crippen LogP contribution in [0.15, 0.2) is 206 Å². The average Bonchev–Trinajstić information content (AvgIpc) is 3.78. The number of aromatic nitrogens is 2. The van der Waals surface area contributed by atoms with Crippen LogP contribution in [0, 0.1) is 0 Å². The van der Waals surface area contributed by atoms with E-state index in [4.69, 9.17) is 9.97 Å². The van der Waals surface area contributed by atoms with E-state index in [1.807, 2.05) is 6.07 Å². The largest absolute Gasteiger partial charge is 0.245 e. The zero-order valence-corrected chi connectivity index (χ0v) is 32.0. The highest BCUT2D eigenvalue weighted by Gasteiger charge is 2.51. The Labute approximate surface area is 341 Å². The second-order valence-corrected chi connectivity index (χ2v) is 16.0. The van der Waals surface area contributed by atoms with Gasteiger partial charge in [0.25, 0.3) is 0 Å². The fourth-order valence-electron chi connectivity index (χ4n) is 10.6. The highest BCUT2D eigenvalue weighted by molar-refractivity contribution is 6.21. The van der Waals surface area contributed by atoms with Crippen molar-refractivity contribution in [1.82, 2.24) is 9.97 Å². The molecule has 2 aliphatic rings. The molecule has 0 saturated carbocycles. The summed E-state index contributed by atoms with van der Waals surface area (Å²) >= 11 is 0. The normalized spacial score (nSPS) is 13.2. The average molecular weight is 747 g/mol. The Morgan fingerprint density at radius 2 is 0.712 bits per heavy atom. The Kier molecular flexibility index (Phi) is 6.68. The molecule has 0 unspecified atom stereocenters. The van der Waals surface area contributed by atoms with Gasteiger partial charge in [-0.1, -0.05) is 188 Å². The van der Waals surface area contributed by atoms with E-state index in [9.17, 15) is 0 Å². The lowest BCUT2D eigenvalue weighted by molar-refractivity contribution is 0.794. The second kappa shape index (κ2) is 12.2. The molecule has 0 fully saturated rings. The van der Waals surface area contributed by atoms with Crippen molar-refractivity contribution < 1.29 is 0 Å². The van der Waals surface area contributed by atoms with Crippen molar-refractivity contribution in [3.63, 3.8) is 0 Å². The minimum Gasteiger partial charge on any atom is -0.245 e. The van der Waals surface area contributed by atoms with E-state index in [1.165, 1.54) is 77.2 Å². The maximum atomic E-state index is 5.51. The fourth-order valence-corrected chi connectivity index (χ4v) is 10.6. The van der Waals surface area contributed by atoms with Crippen molar-refractivity contribution in [3.8, 4) is 55.9 Å². The highest BCUT2D eigenvalue weighted by atomic mass is 14.8. The SMILES string of the molecule is c1ccc(-c2ccc3ccc4ccc(-c5c6ccccc6c(-c6ccc7c(c6)C6(c8ccccc8-c8ccccc86)c6ccccc6-7)c6ccccc56)nc4c3n2)cc1. The molecule has 0 bridgehead atoms. The van der Waals surface area contributed by atoms with Crippen LogP contribution < -0.4 is 0 Å². The molecule has 0 radical (unpaired) electrons. The van der Waals surface area contributed by atoms with E-state index < -0.39 is 5.41 Å². The van der Waals surface area contributed by atoms with E-state index in [2.05, 4.69) is 200 Å². The van der Waals surface area contributed by atoms with Gasteiger partial charge in [-0.05, 0) is 95.4 Å². The fraction of sp³-hybridized carbons (Fsp3) is 0.0175. The van der Waals surface area contributed by atoms with Gasteiger partial charge in [0.1, 0.15) is 0 Å². The molecule has 59 heavy (non-hydrogen) atoms. The monoisotopic (exact) mass is 746 g/mol. The van der Waals surface area contributed by atoms with Crippen LogP contribution in [0.1, 0.15) is 22.3 Å². The maximum absolute atomic E-state index is 5.51. The summed E-state index contributed by atoms with van der Waals surface area (Å²) in [4.78, 5) is 10.7. The van der Waals surface area contributed by atoms with Crippen molar-refractivity contribution in [2.45, 2.75) is 5.41 Å². The lowest BCUT2D eigenvalue weighted by Crippen LogP contribution is -2.25. The van der Waals surface area contributed by atoms with Gasteiger partial charge in [-0.2, -0.15) is 0 Å². The molecule has 11 aromatic rings. The maximum Gasteiger partial charge on any atom is 0.0972 e. The predicted octanol–water partition coefficient (Wildman–Crippen LogP) is 14.4. The zero-order chi connectivity index (χ0) is 38.7. The Morgan fingerprint density at radius 3 is 1.27 bits per heavy atom. The molecular formula is C57H34N2. The van der Waals surface area contributed by atoms with Crippen LogP contribution in [0.4, 0.5) is 0 Å². The Morgan fingerprint density at radius 1 is 0.288 bits per heavy atom. The van der Waals surface area contributed by atoms with Gasteiger partial charge in [-0.15, -0.1) is 0 Å². The number of hydrogen-bond donors (Lipinski definition) is 0. The Hall–Kier alpha value is -7.68. The van der Waals surface area contributed by atoms with E-state index >= 15 is 0 Å². The first-order chi connectivity index (χ1) is 29.3. The molecule has 2 aliphatic carbocycles. The topological polar surface area (TPSA) is 25.8 Å². The third kappa shape index (κ3) is 4.40. The highest BCUT2D eigenvalue weighted by Crippen LogP contribution is 2.63. The molecule has 0 amide bonds. The van der Waals surface area contributed by atoms with Gasteiger partial charge in [0, 0.05) is 21.9 Å². The minimum atomic E-state index is -0.410. The van der Waals surface area contributed by atoms with Gasteiger partial charge in [-0.3, -0.25) is 0 Å². The van der Waals surface area contributed by atoms with Gasteiger partial charge in [0.15, 0.2) is 0 Å². The lowest BCUT2D eigenvalue weighted by atomic mass is 9.70. The van der Waals surface area contributed by atoms with E-state index in [1.54, 1.807) is 0 Å². The van der Waals surface area contributed by atoms with E-state index in [0.29, 0.717) is 0 Å². The summed E-state index contributed by atoms with van der Waals surface area (Å²) < 4.78 is 0. The molecule has 0 atom stereocenters. The number of nitrogens with zero attached hydrogens (tertiary/aromatic N) is 2. The van der Waals surface area contributed by atoms with Gasteiger partial charge in [0.2, 0.25) is 0 Å². The van der Waals surface area contributed by atoms with Crippen molar-refractivity contribution in [3.05, 3.63) is 229 Å². The molecular weight excluding hydrogens is 713 g/mol. The molecule has 0 saturated heterocycles. The van der Waals surface area contributed by atoms with Gasteiger partial charge in [-0.25, -0.2) is 9.97 Å². The minimum absolute atomic E-state index is 0.410. The molecule has 9 aromatic carbocycles. The van der Waals surface area contributed by atoms with Gasteiger partial charge in [0.05, 0.1) is 27.8 Å². The molecule has 0 N–H and O–H groups in total. The summed E-state index contributed by atoms with van der Waals surface area (Å²) in [6.45, 7) is 0. The lowest BCUT2D eigenvalue weighted by Gasteiger charge is -2.30. The second-order valence-electron chi connectivity index (χ2n) is 16.0. The van der Waals surface area contributed by atoms with Crippen LogP contribution in [0.5, 0.6) is 0 Å². The van der Waals surface area contributed by atoms with Crippen LogP contribution in [-0.4, -0.2) is 9.97 Å². The molecule has 2 aromatic heterocycles. The molecule has 2 heterocycles. The van der Waals surface area contributed by atoms with Crippen LogP contribution in [0.3, 0.4) is 0 Å². The van der Waals surface area contributed by atoms with Crippen molar-refractivity contribution in [2.24, 2.45) is 0 Å². The third-order valence-corrected chi connectivity index (χ3v) is 13.1. The Balaban J connectivity index is 1.07.